The highest BCUT2D eigenvalue weighted by molar-refractivity contribution is 5.92. The van der Waals surface area contributed by atoms with Gasteiger partial charge in [0, 0.05) is 25.7 Å². The van der Waals surface area contributed by atoms with E-state index < -0.39 is 0 Å². The van der Waals surface area contributed by atoms with Gasteiger partial charge in [0.2, 0.25) is 0 Å². The van der Waals surface area contributed by atoms with Crippen molar-refractivity contribution < 1.29 is 9.53 Å². The molecule has 2 aromatic heterocycles. The molecule has 0 spiro atoms. The number of likely N-dealkylation sites (tertiary alicyclic amines) is 1. The minimum atomic E-state index is 0.0103. The monoisotopic (exact) mass is 410 g/mol. The zero-order valence-corrected chi connectivity index (χ0v) is 17.7. The van der Waals surface area contributed by atoms with Crippen molar-refractivity contribution in [3.63, 3.8) is 0 Å². The van der Waals surface area contributed by atoms with E-state index in [9.17, 15) is 4.79 Å². The second-order valence-corrected chi connectivity index (χ2v) is 9.30. The molecule has 0 aromatic carbocycles. The summed E-state index contributed by atoms with van der Waals surface area (Å²) < 4.78 is 8.07. The van der Waals surface area contributed by atoms with Gasteiger partial charge in [-0.05, 0) is 69.7 Å². The van der Waals surface area contributed by atoms with E-state index in [1.54, 1.807) is 23.3 Å². The summed E-state index contributed by atoms with van der Waals surface area (Å²) in [5.41, 5.74) is 0.477. The lowest BCUT2D eigenvalue weighted by Gasteiger charge is -2.41. The number of aromatic nitrogens is 4. The van der Waals surface area contributed by atoms with Crippen LogP contribution >= 0.6 is 0 Å². The molecule has 2 aromatic rings. The SMILES string of the molecule is CN(C)[C@@H]1C[C@@H]2CN(C(=O)c3cccc(-n4cnnc4)n3)C[C@@H]2C[C@H]1OCC1CC1. The molecule has 1 saturated heterocycles. The quantitative estimate of drug-likeness (QED) is 0.724. The largest absolute Gasteiger partial charge is 0.376 e. The van der Waals surface area contributed by atoms with Gasteiger partial charge in [-0.25, -0.2) is 4.98 Å². The van der Waals surface area contributed by atoms with Crippen LogP contribution in [0.25, 0.3) is 5.82 Å². The van der Waals surface area contributed by atoms with Crippen molar-refractivity contribution in [1.29, 1.82) is 0 Å². The molecule has 160 valence electrons. The lowest BCUT2D eigenvalue weighted by atomic mass is 9.77. The van der Waals surface area contributed by atoms with E-state index in [0.29, 0.717) is 29.4 Å². The third-order valence-corrected chi connectivity index (χ3v) is 6.92. The zero-order chi connectivity index (χ0) is 20.7. The molecule has 2 saturated carbocycles. The summed E-state index contributed by atoms with van der Waals surface area (Å²) in [6.07, 6.45) is 8.20. The van der Waals surface area contributed by atoms with E-state index in [0.717, 1.165) is 38.5 Å². The number of amides is 1. The molecule has 3 fully saturated rings. The number of pyridine rings is 1. The van der Waals surface area contributed by atoms with Gasteiger partial charge in [0.1, 0.15) is 24.2 Å². The molecular formula is C22H30N6O2. The molecule has 8 heteroatoms. The van der Waals surface area contributed by atoms with Crippen molar-refractivity contribution in [1.82, 2.24) is 29.5 Å². The van der Waals surface area contributed by atoms with E-state index in [1.807, 2.05) is 17.0 Å². The molecule has 8 nitrogen and oxygen atoms in total. The van der Waals surface area contributed by atoms with Gasteiger partial charge in [0.05, 0.1) is 6.10 Å². The van der Waals surface area contributed by atoms with Gasteiger partial charge in [0.15, 0.2) is 0 Å². The summed E-state index contributed by atoms with van der Waals surface area (Å²) in [5.74, 6) is 2.48. The Labute approximate surface area is 177 Å². The summed E-state index contributed by atoms with van der Waals surface area (Å²) >= 11 is 0. The van der Waals surface area contributed by atoms with Crippen LogP contribution < -0.4 is 0 Å². The summed E-state index contributed by atoms with van der Waals surface area (Å²) in [6, 6.07) is 5.94. The standard InChI is InChI=1S/C22H30N6O2/c1-26(2)19-8-16-10-27(11-17(16)9-20(19)30-12-15-6-7-15)22(29)18-4-3-5-21(25-18)28-13-23-24-14-28/h3-5,13-17,19-20H,6-12H2,1-2H3/t16-,17+,19-,20-/m1/s1. The summed E-state index contributed by atoms with van der Waals surface area (Å²) in [5, 5.41) is 7.64. The van der Waals surface area contributed by atoms with Crippen LogP contribution in [-0.2, 0) is 4.74 Å². The van der Waals surface area contributed by atoms with Gasteiger partial charge in [0.25, 0.3) is 5.91 Å². The van der Waals surface area contributed by atoms with Crippen LogP contribution in [0.4, 0.5) is 0 Å². The number of nitrogens with zero attached hydrogens (tertiary/aromatic N) is 6. The maximum absolute atomic E-state index is 13.2. The van der Waals surface area contributed by atoms with E-state index in [1.165, 1.54) is 12.8 Å². The fraction of sp³-hybridized carbons (Fsp3) is 0.636. The molecule has 5 rings (SSSR count). The highest BCUT2D eigenvalue weighted by Gasteiger charge is 2.45. The van der Waals surface area contributed by atoms with Gasteiger partial charge in [-0.2, -0.15) is 0 Å². The lowest BCUT2D eigenvalue weighted by molar-refractivity contribution is -0.0493. The number of hydrogen-bond acceptors (Lipinski definition) is 6. The molecule has 0 radical (unpaired) electrons. The maximum Gasteiger partial charge on any atom is 0.272 e. The molecule has 4 atom stereocenters. The van der Waals surface area contributed by atoms with Gasteiger partial charge in [-0.3, -0.25) is 9.36 Å². The van der Waals surface area contributed by atoms with Crippen molar-refractivity contribution in [2.75, 3.05) is 33.8 Å². The number of likely N-dealkylation sites (N-methyl/N-ethyl adjacent to an activating group) is 1. The predicted molar refractivity (Wildman–Crippen MR) is 111 cm³/mol. The summed E-state index contributed by atoms with van der Waals surface area (Å²) in [7, 11) is 4.30. The number of hydrogen-bond donors (Lipinski definition) is 0. The minimum Gasteiger partial charge on any atom is -0.376 e. The van der Waals surface area contributed by atoms with Crippen LogP contribution in [0.15, 0.2) is 30.9 Å². The zero-order valence-electron chi connectivity index (χ0n) is 17.7. The summed E-state index contributed by atoms with van der Waals surface area (Å²) in [4.78, 5) is 22.1. The number of carbonyl (C=O) groups is 1. The van der Waals surface area contributed by atoms with Crippen LogP contribution in [0, 0.1) is 17.8 Å². The van der Waals surface area contributed by atoms with Crippen molar-refractivity contribution >= 4 is 5.91 Å². The highest BCUT2D eigenvalue weighted by Crippen LogP contribution is 2.40. The van der Waals surface area contributed by atoms with Gasteiger partial charge >= 0.3 is 0 Å². The van der Waals surface area contributed by atoms with E-state index in [2.05, 4.69) is 34.2 Å². The van der Waals surface area contributed by atoms with Crippen LogP contribution in [0.5, 0.6) is 0 Å². The maximum atomic E-state index is 13.2. The Balaban J connectivity index is 1.27. The molecule has 30 heavy (non-hydrogen) atoms. The van der Waals surface area contributed by atoms with Crippen molar-refractivity contribution in [2.24, 2.45) is 17.8 Å². The molecule has 3 aliphatic rings. The third kappa shape index (κ3) is 3.98. The fourth-order valence-corrected chi connectivity index (χ4v) is 4.99. The molecule has 3 heterocycles. The van der Waals surface area contributed by atoms with Gasteiger partial charge in [-0.15, -0.1) is 10.2 Å². The van der Waals surface area contributed by atoms with E-state index >= 15 is 0 Å². The number of ether oxygens (including phenoxy) is 1. The first-order chi connectivity index (χ1) is 14.6. The van der Waals surface area contributed by atoms with Crippen LogP contribution in [0.2, 0.25) is 0 Å². The van der Waals surface area contributed by atoms with Crippen molar-refractivity contribution in [3.8, 4) is 5.82 Å². The lowest BCUT2D eigenvalue weighted by Crippen LogP contribution is -2.48. The Bertz CT molecular complexity index is 882. The first-order valence-corrected chi connectivity index (χ1v) is 11.0. The Hall–Kier alpha value is -2.32. The molecular weight excluding hydrogens is 380 g/mol. The first kappa shape index (κ1) is 19.6. The second-order valence-electron chi connectivity index (χ2n) is 9.30. The number of carbonyl (C=O) groups excluding carboxylic acids is 1. The summed E-state index contributed by atoms with van der Waals surface area (Å²) in [6.45, 7) is 2.50. The third-order valence-electron chi connectivity index (χ3n) is 6.92. The molecule has 2 aliphatic carbocycles. The molecule has 0 unspecified atom stereocenters. The van der Waals surface area contributed by atoms with E-state index in [4.69, 9.17) is 4.74 Å². The number of rotatable bonds is 6. The van der Waals surface area contributed by atoms with Crippen LogP contribution in [0.1, 0.15) is 36.2 Å². The van der Waals surface area contributed by atoms with Crippen LogP contribution in [0.3, 0.4) is 0 Å². The van der Waals surface area contributed by atoms with Crippen LogP contribution in [-0.4, -0.2) is 81.4 Å². The fourth-order valence-electron chi connectivity index (χ4n) is 4.99. The van der Waals surface area contributed by atoms with Gasteiger partial charge in [-0.1, -0.05) is 6.07 Å². The predicted octanol–water partition coefficient (Wildman–Crippen LogP) is 1.87. The second kappa shape index (κ2) is 8.07. The molecule has 1 aliphatic heterocycles. The molecule has 0 N–H and O–H groups in total. The van der Waals surface area contributed by atoms with Crippen molar-refractivity contribution in [2.45, 2.75) is 37.8 Å². The normalized spacial score (nSPS) is 28.7. The van der Waals surface area contributed by atoms with Gasteiger partial charge < -0.3 is 14.5 Å². The van der Waals surface area contributed by atoms with Crippen molar-refractivity contribution in [3.05, 3.63) is 36.5 Å². The van der Waals surface area contributed by atoms with E-state index in [-0.39, 0.29) is 12.0 Å². The average molecular weight is 411 g/mol. The first-order valence-electron chi connectivity index (χ1n) is 11.0. The Morgan fingerprint density at radius 1 is 1.13 bits per heavy atom. The smallest absolute Gasteiger partial charge is 0.272 e. The minimum absolute atomic E-state index is 0.0103. The topological polar surface area (TPSA) is 76.4 Å². The molecule has 1 amide bonds. The molecule has 0 bridgehead atoms. The Kier molecular flexibility index (Phi) is 5.28. The Morgan fingerprint density at radius 2 is 1.87 bits per heavy atom. The average Bonchev–Trinajstić information content (AvgIpc) is 3.25. The Morgan fingerprint density at radius 3 is 2.57 bits per heavy atom. The number of fused-ring (bicyclic) bond motifs is 1. The highest BCUT2D eigenvalue weighted by atomic mass is 16.5.